The zero-order valence-corrected chi connectivity index (χ0v) is 64.8. The van der Waals surface area contributed by atoms with E-state index >= 15 is 0 Å². The number of halogens is 2. The number of nitrogens with zero attached hydrogens (tertiary/aromatic N) is 7. The number of hydrogen-bond acceptors (Lipinski definition) is 18. The van der Waals surface area contributed by atoms with Gasteiger partial charge in [0.1, 0.15) is 44.4 Å². The van der Waals surface area contributed by atoms with E-state index in [2.05, 4.69) is 44.6 Å². The third-order valence-corrected chi connectivity index (χ3v) is 21.2. The van der Waals surface area contributed by atoms with E-state index in [-0.39, 0.29) is 67.7 Å². The van der Waals surface area contributed by atoms with Crippen LogP contribution in [0.1, 0.15) is 128 Å². The fourth-order valence-electron chi connectivity index (χ4n) is 15.8. The highest BCUT2D eigenvalue weighted by molar-refractivity contribution is 6.61. The molecule has 23 nitrogen and oxygen atoms in total. The Kier molecular flexibility index (Phi) is 34.8. The number of carbonyl (C=O) groups is 7. The second kappa shape index (κ2) is 42.9. The fraction of sp³-hybridized carbons (Fsp3) is 0.613. The third-order valence-electron chi connectivity index (χ3n) is 21.1. The van der Waals surface area contributed by atoms with E-state index in [1.165, 1.54) is 45.3 Å². The SMILES string of the molecule is C=O.CC(C)(C)OC(=O)N1CCC2CN(C(=O)OCc3ccccc3)CCC21.CC(C)(C)OC(=O)N1CCC2CNCCC21.CN1CCC2CN(C(=O)OCc3ccccc3)CCC21.CN1CCC2CNCCC21.Cl.O=C(Cl)OCc1ccccc1.O=C(OCc1ccccc1)N1CCC2NCCC2C1. The second-order valence-electron chi connectivity index (χ2n) is 30.7. The summed E-state index contributed by atoms with van der Waals surface area (Å²) in [6.45, 7) is 28.8. The van der Waals surface area contributed by atoms with Gasteiger partial charge in [0.2, 0.25) is 0 Å². The molecule has 10 unspecified atom stereocenters. The van der Waals surface area contributed by atoms with E-state index in [4.69, 9.17) is 40.1 Å². The van der Waals surface area contributed by atoms with E-state index in [0.29, 0.717) is 74.6 Å². The van der Waals surface area contributed by atoms with Crippen molar-refractivity contribution in [2.24, 2.45) is 29.6 Å². The van der Waals surface area contributed by atoms with Crippen LogP contribution in [0.25, 0.3) is 0 Å². The number of carbonyl (C=O) groups excluding carboxylic acids is 7. The molecule has 3 N–H and O–H groups in total. The number of fused-ring (bicyclic) bond motifs is 5. The Balaban J connectivity index is 0.000000179. The van der Waals surface area contributed by atoms with Gasteiger partial charge in [-0.2, -0.15) is 0 Å². The fourth-order valence-corrected chi connectivity index (χ4v) is 15.8. The average molecular weight is 1500 g/mol. The quantitative estimate of drug-likeness (QED) is 0.110. The van der Waals surface area contributed by atoms with Gasteiger partial charge in [0.15, 0.2) is 0 Å². The van der Waals surface area contributed by atoms with Crippen LogP contribution in [0.4, 0.5) is 28.8 Å². The van der Waals surface area contributed by atoms with Gasteiger partial charge in [-0.3, -0.25) is 0 Å². The molecule has 0 aromatic heterocycles. The van der Waals surface area contributed by atoms with Crippen molar-refractivity contribution in [3.8, 4) is 0 Å². The first kappa shape index (κ1) is 85.0. The lowest BCUT2D eigenvalue weighted by Crippen LogP contribution is -2.50. The summed E-state index contributed by atoms with van der Waals surface area (Å²) in [7, 11) is 4.45. The van der Waals surface area contributed by atoms with E-state index in [1.807, 2.05) is 189 Å². The summed E-state index contributed by atoms with van der Waals surface area (Å²) in [5, 5.41) is 10.3. The average Bonchev–Trinajstić information content (AvgIpc) is 1.67. The van der Waals surface area contributed by atoms with Crippen molar-refractivity contribution in [1.29, 1.82) is 0 Å². The number of likely N-dealkylation sites (tertiary alicyclic amines) is 7. The Labute approximate surface area is 634 Å². The van der Waals surface area contributed by atoms with Gasteiger partial charge in [0.25, 0.3) is 0 Å². The molecule has 5 amide bonds. The molecular formula is C80H118Cl2N10O13. The minimum Gasteiger partial charge on any atom is -0.449 e. The van der Waals surface area contributed by atoms with Crippen LogP contribution in [0.2, 0.25) is 0 Å². The lowest BCUT2D eigenvalue weighted by atomic mass is 9.93. The molecule has 10 fully saturated rings. The molecule has 14 rings (SSSR count). The first-order chi connectivity index (χ1) is 50.0. The number of amides is 5. The molecule has 25 heteroatoms. The van der Waals surface area contributed by atoms with E-state index in [1.54, 1.807) is 4.90 Å². The number of nitrogens with one attached hydrogen (secondary N) is 3. The van der Waals surface area contributed by atoms with Crippen LogP contribution < -0.4 is 16.0 Å². The maximum Gasteiger partial charge on any atom is 0.410 e. The Morgan fingerprint density at radius 2 is 0.733 bits per heavy atom. The van der Waals surface area contributed by atoms with Gasteiger partial charge in [-0.05, 0) is 218 Å². The molecule has 0 bridgehead atoms. The van der Waals surface area contributed by atoms with Crippen LogP contribution in [-0.2, 0) is 59.6 Å². The Morgan fingerprint density at radius 3 is 1.15 bits per heavy atom. The normalized spacial score (nSPS) is 24.9. The Morgan fingerprint density at radius 1 is 0.400 bits per heavy atom. The highest BCUT2D eigenvalue weighted by Gasteiger charge is 2.45. The zero-order chi connectivity index (χ0) is 74.6. The van der Waals surface area contributed by atoms with Crippen molar-refractivity contribution in [2.75, 3.05) is 112 Å². The summed E-state index contributed by atoms with van der Waals surface area (Å²) in [5.41, 5.74) is 2.34. The van der Waals surface area contributed by atoms with Gasteiger partial charge < -0.3 is 83.5 Å². The predicted octanol–water partition coefficient (Wildman–Crippen LogP) is 12.7. The van der Waals surface area contributed by atoms with Gasteiger partial charge in [-0.15, -0.1) is 12.4 Å². The van der Waals surface area contributed by atoms with Gasteiger partial charge in [-0.1, -0.05) is 121 Å². The predicted molar refractivity (Wildman–Crippen MR) is 409 cm³/mol. The van der Waals surface area contributed by atoms with Crippen LogP contribution in [0, 0.1) is 29.6 Å². The van der Waals surface area contributed by atoms with Crippen molar-refractivity contribution in [3.05, 3.63) is 144 Å². The second-order valence-corrected chi connectivity index (χ2v) is 31.0. The largest absolute Gasteiger partial charge is 0.449 e. The minimum atomic E-state index is -0.770. The molecule has 4 aromatic carbocycles. The number of rotatable bonds is 8. The summed E-state index contributed by atoms with van der Waals surface area (Å²) >= 11 is 4.97. The standard InChI is InChI=1S/C20H28N2O4.C16H22N2O2.C15H20N2O2.C12H22N2O2.C8H7ClO2.C8H16N2.CH2O.ClH/c1-20(2,3)26-19(24)22-12-9-16-13-21(11-10-17(16)22)18(23)25-14-15-7-5-4-6-8-15;1-17-9-7-14-11-18(10-8-15(14)17)16(19)20-12-13-5-3-2-4-6-13;18-15(19-11-12-4-2-1-3-5-12)17-9-7-14-13(10-17)6-8-16-14;1-12(2,3)16-11(15)14-7-5-9-8-13-6-4-10(9)14;9-8(10)11-6-7-4-2-1-3-5-7;1-10-5-3-7-6-9-4-2-8(7)10;1-2;/h4-8,16-17H,9-14H2,1-3H3;2-6,14-15H,7-12H2,1H3;1-5,13-14,16H,6-11H2;9-10,13H,4-8H2,1-3H3;1-5H,6H2;7-9H,2-6H2,1H3;1H2;1H. The lowest BCUT2D eigenvalue weighted by molar-refractivity contribution is -0.0980. The number of benzene rings is 4. The van der Waals surface area contributed by atoms with E-state index in [0.717, 1.165) is 132 Å². The maximum atomic E-state index is 12.4. The van der Waals surface area contributed by atoms with Crippen molar-refractivity contribution in [3.63, 3.8) is 0 Å². The smallest absolute Gasteiger partial charge is 0.410 e. The number of ether oxygens (including phenoxy) is 6. The highest BCUT2D eigenvalue weighted by Crippen LogP contribution is 2.35. The first-order valence-electron chi connectivity index (χ1n) is 37.6. The molecule has 0 saturated carbocycles. The molecular weight excluding hydrogens is 1380 g/mol. The van der Waals surface area contributed by atoms with Gasteiger partial charge in [-0.25, -0.2) is 28.8 Å². The first-order valence-corrected chi connectivity index (χ1v) is 38.0. The van der Waals surface area contributed by atoms with E-state index < -0.39 is 11.0 Å². The maximum absolute atomic E-state index is 12.4. The number of piperidine rings is 5. The minimum absolute atomic E-state index is 0. The lowest BCUT2D eigenvalue weighted by Gasteiger charge is -2.37. The van der Waals surface area contributed by atoms with Crippen molar-refractivity contribution >= 4 is 66.7 Å². The molecule has 10 aliphatic rings. The molecule has 580 valence electrons. The molecule has 105 heavy (non-hydrogen) atoms. The monoisotopic (exact) mass is 1500 g/mol. The van der Waals surface area contributed by atoms with Crippen LogP contribution in [0.3, 0.4) is 0 Å². The third kappa shape index (κ3) is 27.5. The van der Waals surface area contributed by atoms with Crippen LogP contribution >= 0.6 is 24.0 Å². The summed E-state index contributed by atoms with van der Waals surface area (Å²) in [5.74, 6) is 3.11. The van der Waals surface area contributed by atoms with Gasteiger partial charge in [0, 0.05) is 94.2 Å². The molecule has 10 heterocycles. The van der Waals surface area contributed by atoms with Crippen molar-refractivity contribution in [2.45, 2.75) is 174 Å². The van der Waals surface area contributed by atoms with Crippen molar-refractivity contribution in [1.82, 2.24) is 50.2 Å². The highest BCUT2D eigenvalue weighted by atomic mass is 35.5. The topological polar surface area (TPSA) is 234 Å². The Bertz CT molecular complexity index is 3250. The molecule has 0 aliphatic carbocycles. The van der Waals surface area contributed by atoms with Crippen molar-refractivity contribution < 1.29 is 62.0 Å². The zero-order valence-electron chi connectivity index (χ0n) is 63.3. The molecule has 10 aliphatic heterocycles. The number of hydrogen-bond donors (Lipinski definition) is 3. The molecule has 10 atom stereocenters. The summed E-state index contributed by atoms with van der Waals surface area (Å²) < 4.78 is 31.7. The Hall–Kier alpha value is -7.25. The summed E-state index contributed by atoms with van der Waals surface area (Å²) in [4.78, 5) is 93.3. The molecule has 0 radical (unpaired) electrons. The molecule has 4 aromatic rings. The van der Waals surface area contributed by atoms with Crippen LogP contribution in [0.15, 0.2) is 121 Å². The van der Waals surface area contributed by atoms with Crippen LogP contribution in [0.5, 0.6) is 0 Å². The van der Waals surface area contributed by atoms with Crippen LogP contribution in [-0.4, -0.2) is 231 Å². The summed E-state index contributed by atoms with van der Waals surface area (Å²) in [6, 6.07) is 41.4. The van der Waals surface area contributed by atoms with Gasteiger partial charge in [0.05, 0.1) is 0 Å². The summed E-state index contributed by atoms with van der Waals surface area (Å²) in [6.07, 6.45) is 10.1. The van der Waals surface area contributed by atoms with E-state index in [9.17, 15) is 28.8 Å². The molecule has 0 spiro atoms. The molecule has 10 saturated heterocycles. The van der Waals surface area contributed by atoms with Gasteiger partial charge >= 0.3 is 35.9 Å².